The number of ether oxygens (including phenoxy) is 1. The van der Waals surface area contributed by atoms with Gasteiger partial charge in [0.15, 0.2) is 0 Å². The van der Waals surface area contributed by atoms with E-state index in [1.807, 2.05) is 31.7 Å². The second-order valence-corrected chi connectivity index (χ2v) is 8.99. The van der Waals surface area contributed by atoms with Crippen LogP contribution in [0, 0.1) is 5.92 Å². The molecule has 2 aliphatic rings. The van der Waals surface area contributed by atoms with Crippen LogP contribution in [0.5, 0.6) is 0 Å². The van der Waals surface area contributed by atoms with Crippen LogP contribution in [0.1, 0.15) is 32.9 Å². The van der Waals surface area contributed by atoms with Crippen LogP contribution in [0.3, 0.4) is 0 Å². The number of halogens is 1. The number of nitrogens with one attached hydrogen (secondary N) is 1. The van der Waals surface area contributed by atoms with Gasteiger partial charge in [-0.3, -0.25) is 4.79 Å². The lowest BCUT2D eigenvalue weighted by Crippen LogP contribution is -2.57. The molecule has 2 aliphatic heterocycles. The molecule has 7 nitrogen and oxygen atoms in total. The third kappa shape index (κ3) is 4.10. The maximum Gasteiger partial charge on any atom is 0.410 e. The van der Waals surface area contributed by atoms with Crippen molar-refractivity contribution in [2.24, 2.45) is 5.92 Å². The fourth-order valence-corrected chi connectivity index (χ4v) is 3.85. The Bertz CT molecular complexity index is 985. The highest BCUT2D eigenvalue weighted by atomic mass is 35.5. The van der Waals surface area contributed by atoms with Crippen molar-refractivity contribution in [2.45, 2.75) is 32.8 Å². The predicted octanol–water partition coefficient (Wildman–Crippen LogP) is 3.70. The first-order valence-electron chi connectivity index (χ1n) is 9.80. The molecule has 0 radical (unpaired) electrons. The van der Waals surface area contributed by atoms with E-state index in [2.05, 4.69) is 16.0 Å². The summed E-state index contributed by atoms with van der Waals surface area (Å²) in [6.45, 7) is 7.57. The van der Waals surface area contributed by atoms with Gasteiger partial charge in [0.05, 0.1) is 10.9 Å². The van der Waals surface area contributed by atoms with E-state index < -0.39 is 5.60 Å². The lowest BCUT2D eigenvalue weighted by Gasteiger charge is -2.41. The molecule has 0 bridgehead atoms. The molecule has 2 aromatic rings. The van der Waals surface area contributed by atoms with Gasteiger partial charge < -0.3 is 19.5 Å². The largest absolute Gasteiger partial charge is 0.444 e. The van der Waals surface area contributed by atoms with Gasteiger partial charge in [0.1, 0.15) is 11.2 Å². The van der Waals surface area contributed by atoms with E-state index in [0.717, 1.165) is 28.7 Å². The average molecular weight is 417 g/mol. The maximum absolute atomic E-state index is 12.7. The molecule has 1 N–H and O–H groups in total. The number of amides is 2. The summed E-state index contributed by atoms with van der Waals surface area (Å²) >= 11 is 6.23. The third-order valence-electron chi connectivity index (χ3n) is 5.23. The number of carbonyl (C=O) groups excluding carboxylic acids is 2. The first kappa shape index (κ1) is 19.8. The second-order valence-electron chi connectivity index (χ2n) is 8.58. The highest BCUT2D eigenvalue weighted by Gasteiger charge is 2.39. The van der Waals surface area contributed by atoms with Gasteiger partial charge in [-0.2, -0.15) is 0 Å². The highest BCUT2D eigenvalue weighted by molar-refractivity contribution is 6.35. The van der Waals surface area contributed by atoms with Crippen LogP contribution >= 0.6 is 11.6 Å². The summed E-state index contributed by atoms with van der Waals surface area (Å²) in [5.41, 5.74) is 2.39. The van der Waals surface area contributed by atoms with Crippen molar-refractivity contribution in [1.82, 2.24) is 19.8 Å². The second kappa shape index (κ2) is 7.37. The number of carbonyl (C=O) groups is 2. The minimum absolute atomic E-state index is 0.0986. The lowest BCUT2D eigenvalue weighted by molar-refractivity contribution is -0.140. The van der Waals surface area contributed by atoms with Gasteiger partial charge in [0, 0.05) is 43.5 Å². The number of pyridine rings is 1. The molecule has 4 heterocycles. The van der Waals surface area contributed by atoms with Crippen LogP contribution in [-0.4, -0.2) is 63.5 Å². The number of aromatic amines is 1. The Labute approximate surface area is 174 Å². The first-order chi connectivity index (χ1) is 13.7. The van der Waals surface area contributed by atoms with Crippen molar-refractivity contribution >= 4 is 40.2 Å². The molecule has 0 spiro atoms. The number of nitrogens with zero attached hydrogens (tertiary/aromatic N) is 3. The number of hydrogen-bond acceptors (Lipinski definition) is 4. The summed E-state index contributed by atoms with van der Waals surface area (Å²) in [6, 6.07) is 3.79. The maximum atomic E-state index is 12.7. The van der Waals surface area contributed by atoms with E-state index >= 15 is 0 Å². The zero-order chi connectivity index (χ0) is 20.8. The number of likely N-dealkylation sites (tertiary alicyclic amines) is 1. The Morgan fingerprint density at radius 2 is 2.03 bits per heavy atom. The molecule has 4 rings (SSSR count). The van der Waals surface area contributed by atoms with Crippen LogP contribution in [0.25, 0.3) is 16.6 Å². The van der Waals surface area contributed by atoms with E-state index in [-0.39, 0.29) is 17.9 Å². The Hall–Kier alpha value is -2.54. The Kier molecular flexibility index (Phi) is 5.02. The molecule has 0 saturated carbocycles. The molecule has 29 heavy (non-hydrogen) atoms. The van der Waals surface area contributed by atoms with E-state index in [4.69, 9.17) is 16.3 Å². The van der Waals surface area contributed by atoms with Gasteiger partial charge in [-0.15, -0.1) is 0 Å². The van der Waals surface area contributed by atoms with Crippen LogP contribution in [0.2, 0.25) is 5.02 Å². The standard InChI is InChI=1S/C21H25ClN4O3/c1-21(2,3)29-20(28)26-11-14(12-26)19(27)25-8-5-13(6-9-25)17-10-15-16(22)4-7-23-18(15)24-17/h4-5,7,10,14H,6,8-9,11-12H2,1-3H3,(H,23,24). The van der Waals surface area contributed by atoms with Crippen molar-refractivity contribution in [3.8, 4) is 0 Å². The van der Waals surface area contributed by atoms with Crippen LogP contribution < -0.4 is 0 Å². The molecule has 1 fully saturated rings. The van der Waals surface area contributed by atoms with Crippen LogP contribution in [0.4, 0.5) is 4.79 Å². The Balaban J connectivity index is 1.34. The Morgan fingerprint density at radius 1 is 1.28 bits per heavy atom. The van der Waals surface area contributed by atoms with E-state index in [1.54, 1.807) is 17.2 Å². The summed E-state index contributed by atoms with van der Waals surface area (Å²) < 4.78 is 5.35. The van der Waals surface area contributed by atoms with Crippen molar-refractivity contribution in [3.63, 3.8) is 0 Å². The summed E-state index contributed by atoms with van der Waals surface area (Å²) in [7, 11) is 0. The lowest BCUT2D eigenvalue weighted by atomic mass is 9.97. The third-order valence-corrected chi connectivity index (χ3v) is 5.56. The molecule has 2 amide bonds. The van der Waals surface area contributed by atoms with E-state index in [1.165, 1.54) is 0 Å². The quantitative estimate of drug-likeness (QED) is 0.809. The first-order valence-corrected chi connectivity index (χ1v) is 10.2. The molecular weight excluding hydrogens is 392 g/mol. The number of rotatable bonds is 2. The van der Waals surface area contributed by atoms with Crippen molar-refractivity contribution in [3.05, 3.63) is 35.1 Å². The van der Waals surface area contributed by atoms with E-state index in [0.29, 0.717) is 31.2 Å². The number of H-pyrrole nitrogens is 1. The number of aromatic nitrogens is 2. The molecule has 1 saturated heterocycles. The molecule has 0 unspecified atom stereocenters. The number of hydrogen-bond donors (Lipinski definition) is 1. The molecule has 8 heteroatoms. The highest BCUT2D eigenvalue weighted by Crippen LogP contribution is 2.29. The summed E-state index contributed by atoms with van der Waals surface area (Å²) in [6.07, 6.45) is 4.16. The predicted molar refractivity (Wildman–Crippen MR) is 112 cm³/mol. The molecule has 2 aromatic heterocycles. The fourth-order valence-electron chi connectivity index (χ4n) is 3.65. The summed E-state index contributed by atoms with van der Waals surface area (Å²) in [5, 5.41) is 1.57. The number of fused-ring (bicyclic) bond motifs is 1. The summed E-state index contributed by atoms with van der Waals surface area (Å²) in [5.74, 6) is -0.0463. The normalized spacial score (nSPS) is 17.9. The molecule has 0 atom stereocenters. The van der Waals surface area contributed by atoms with Crippen LogP contribution in [0.15, 0.2) is 24.4 Å². The topological polar surface area (TPSA) is 78.5 Å². The van der Waals surface area contributed by atoms with Gasteiger partial charge >= 0.3 is 6.09 Å². The van der Waals surface area contributed by atoms with Crippen LogP contribution in [-0.2, 0) is 9.53 Å². The van der Waals surface area contributed by atoms with Crippen molar-refractivity contribution in [2.75, 3.05) is 26.2 Å². The van der Waals surface area contributed by atoms with Gasteiger partial charge in [-0.1, -0.05) is 17.7 Å². The minimum atomic E-state index is -0.525. The van der Waals surface area contributed by atoms with Gasteiger partial charge in [-0.25, -0.2) is 9.78 Å². The average Bonchev–Trinajstić information content (AvgIpc) is 3.04. The zero-order valence-corrected chi connectivity index (χ0v) is 17.6. The van der Waals surface area contributed by atoms with E-state index in [9.17, 15) is 9.59 Å². The smallest absolute Gasteiger partial charge is 0.410 e. The van der Waals surface area contributed by atoms with Gasteiger partial charge in [-0.05, 0) is 44.9 Å². The molecule has 0 aromatic carbocycles. The minimum Gasteiger partial charge on any atom is -0.444 e. The summed E-state index contributed by atoms with van der Waals surface area (Å²) in [4.78, 5) is 35.8. The zero-order valence-electron chi connectivity index (χ0n) is 16.9. The fraction of sp³-hybridized carbons (Fsp3) is 0.476. The molecule has 154 valence electrons. The SMILES string of the molecule is CC(C)(C)OC(=O)N1CC(C(=O)N2CC=C(c3cc4c(Cl)ccnc4[nH]3)CC2)C1. The molecular formula is C21H25ClN4O3. The monoisotopic (exact) mass is 416 g/mol. The van der Waals surface area contributed by atoms with Gasteiger partial charge in [0.2, 0.25) is 5.91 Å². The van der Waals surface area contributed by atoms with Crippen molar-refractivity contribution in [1.29, 1.82) is 0 Å². The van der Waals surface area contributed by atoms with Crippen molar-refractivity contribution < 1.29 is 14.3 Å². The molecule has 0 aliphatic carbocycles. The van der Waals surface area contributed by atoms with Gasteiger partial charge in [0.25, 0.3) is 0 Å². The Morgan fingerprint density at radius 3 is 2.66 bits per heavy atom.